The zero-order chi connectivity index (χ0) is 19.2. The van der Waals surface area contributed by atoms with Crippen LogP contribution >= 0.6 is 11.3 Å². The van der Waals surface area contributed by atoms with Crippen molar-refractivity contribution in [1.29, 1.82) is 0 Å². The van der Waals surface area contributed by atoms with Crippen molar-refractivity contribution in [2.45, 2.75) is 6.92 Å². The predicted octanol–water partition coefficient (Wildman–Crippen LogP) is 4.85. The topological polar surface area (TPSA) is 64.6 Å². The lowest BCUT2D eigenvalue weighted by Crippen LogP contribution is -2.14. The monoisotopic (exact) mass is 381 g/mol. The first-order chi connectivity index (χ1) is 13.1. The van der Waals surface area contributed by atoms with E-state index in [2.05, 4.69) is 5.32 Å². The number of carbonyl (C=O) groups is 2. The van der Waals surface area contributed by atoms with Crippen molar-refractivity contribution in [3.05, 3.63) is 71.1 Å². The van der Waals surface area contributed by atoms with Crippen LogP contribution in [0.1, 0.15) is 27.0 Å². The summed E-state index contributed by atoms with van der Waals surface area (Å²) in [6.45, 7) is 2.01. The largest absolute Gasteiger partial charge is 0.497 e. The van der Waals surface area contributed by atoms with Crippen LogP contribution in [0.2, 0.25) is 0 Å². The van der Waals surface area contributed by atoms with E-state index in [1.807, 2.05) is 30.3 Å². The number of carbonyl (C=O) groups excluding carboxylic acids is 2. The van der Waals surface area contributed by atoms with Gasteiger partial charge in [0, 0.05) is 10.4 Å². The molecule has 0 spiro atoms. The van der Waals surface area contributed by atoms with Gasteiger partial charge in [-0.1, -0.05) is 36.4 Å². The third-order valence-electron chi connectivity index (χ3n) is 3.83. The highest BCUT2D eigenvalue weighted by Crippen LogP contribution is 2.35. The van der Waals surface area contributed by atoms with Crippen LogP contribution in [0, 0.1) is 0 Å². The van der Waals surface area contributed by atoms with Crippen molar-refractivity contribution in [2.75, 3.05) is 19.0 Å². The first kappa shape index (κ1) is 18.7. The fourth-order valence-electron chi connectivity index (χ4n) is 2.54. The van der Waals surface area contributed by atoms with E-state index in [1.54, 1.807) is 44.4 Å². The van der Waals surface area contributed by atoms with Gasteiger partial charge in [-0.25, -0.2) is 4.79 Å². The molecule has 6 heteroatoms. The van der Waals surface area contributed by atoms with E-state index >= 15 is 0 Å². The maximum atomic E-state index is 12.6. The highest BCUT2D eigenvalue weighted by atomic mass is 32.1. The molecule has 1 N–H and O–H groups in total. The standard InChI is InChI=1S/C21H19NO4S/c1-3-26-21(24)19-17(13-18(27-19)14-8-5-4-6-9-14)22-20(23)15-10-7-11-16(12-15)25-2/h4-13H,3H2,1-2H3,(H,22,23). The van der Waals surface area contributed by atoms with Gasteiger partial charge in [0.25, 0.3) is 5.91 Å². The first-order valence-corrected chi connectivity index (χ1v) is 9.25. The van der Waals surface area contributed by atoms with Crippen molar-refractivity contribution in [2.24, 2.45) is 0 Å². The van der Waals surface area contributed by atoms with Gasteiger partial charge in [0.05, 0.1) is 19.4 Å². The molecule has 0 radical (unpaired) electrons. The zero-order valence-electron chi connectivity index (χ0n) is 15.0. The average Bonchev–Trinajstić information content (AvgIpc) is 3.13. The Balaban J connectivity index is 1.93. The molecule has 1 aromatic heterocycles. The Morgan fingerprint density at radius 3 is 2.52 bits per heavy atom. The number of rotatable bonds is 6. The Labute approximate surface area is 161 Å². The first-order valence-electron chi connectivity index (χ1n) is 8.44. The molecule has 0 aliphatic carbocycles. The molecule has 0 atom stereocenters. The lowest BCUT2D eigenvalue weighted by atomic mass is 10.1. The third kappa shape index (κ3) is 4.35. The molecule has 0 aliphatic heterocycles. The number of methoxy groups -OCH3 is 1. The van der Waals surface area contributed by atoms with E-state index in [0.717, 1.165) is 10.4 Å². The summed E-state index contributed by atoms with van der Waals surface area (Å²) in [7, 11) is 1.54. The van der Waals surface area contributed by atoms with Gasteiger partial charge in [-0.15, -0.1) is 11.3 Å². The molecule has 0 fully saturated rings. The van der Waals surface area contributed by atoms with Crippen LogP contribution < -0.4 is 10.1 Å². The van der Waals surface area contributed by atoms with Gasteiger partial charge >= 0.3 is 5.97 Å². The summed E-state index contributed by atoms with van der Waals surface area (Å²) in [5.74, 6) is -0.189. The molecule has 0 aliphatic rings. The summed E-state index contributed by atoms with van der Waals surface area (Å²) in [6.07, 6.45) is 0. The maximum Gasteiger partial charge on any atom is 0.350 e. The summed E-state index contributed by atoms with van der Waals surface area (Å²) >= 11 is 1.29. The van der Waals surface area contributed by atoms with E-state index in [1.165, 1.54) is 11.3 Å². The van der Waals surface area contributed by atoms with Crippen molar-refractivity contribution in [3.63, 3.8) is 0 Å². The van der Waals surface area contributed by atoms with Gasteiger partial charge in [-0.3, -0.25) is 4.79 Å². The Morgan fingerprint density at radius 1 is 1.04 bits per heavy atom. The number of esters is 1. The lowest BCUT2D eigenvalue weighted by Gasteiger charge is -2.07. The molecular weight excluding hydrogens is 362 g/mol. The number of ether oxygens (including phenoxy) is 2. The SMILES string of the molecule is CCOC(=O)c1sc(-c2ccccc2)cc1NC(=O)c1cccc(OC)c1. The summed E-state index contributed by atoms with van der Waals surface area (Å²) in [5.41, 5.74) is 1.84. The Kier molecular flexibility index (Phi) is 5.88. The molecule has 5 nitrogen and oxygen atoms in total. The van der Waals surface area contributed by atoms with Crippen LogP contribution in [0.25, 0.3) is 10.4 Å². The number of hydrogen-bond donors (Lipinski definition) is 1. The molecule has 138 valence electrons. The minimum atomic E-state index is -0.453. The van der Waals surface area contributed by atoms with Crippen LogP contribution in [0.15, 0.2) is 60.7 Å². The molecule has 27 heavy (non-hydrogen) atoms. The molecule has 0 unspecified atom stereocenters. The van der Waals surface area contributed by atoms with Gasteiger partial charge in [0.1, 0.15) is 10.6 Å². The molecule has 0 saturated heterocycles. The Morgan fingerprint density at radius 2 is 1.81 bits per heavy atom. The zero-order valence-corrected chi connectivity index (χ0v) is 15.8. The number of nitrogens with one attached hydrogen (secondary N) is 1. The summed E-state index contributed by atoms with van der Waals surface area (Å²) < 4.78 is 10.3. The maximum absolute atomic E-state index is 12.6. The minimum absolute atomic E-state index is 0.265. The number of benzene rings is 2. The Hall–Kier alpha value is -3.12. The summed E-state index contributed by atoms with van der Waals surface area (Å²) in [5, 5.41) is 2.82. The van der Waals surface area contributed by atoms with Gasteiger partial charge in [0.2, 0.25) is 0 Å². The normalized spacial score (nSPS) is 10.3. The van der Waals surface area contributed by atoms with Crippen molar-refractivity contribution < 1.29 is 19.1 Å². The number of hydrogen-bond acceptors (Lipinski definition) is 5. The lowest BCUT2D eigenvalue weighted by molar-refractivity contribution is 0.0533. The fraction of sp³-hybridized carbons (Fsp3) is 0.143. The van der Waals surface area contributed by atoms with E-state index < -0.39 is 5.97 Å². The number of thiophene rings is 1. The Bertz CT molecular complexity index is 950. The second-order valence-corrected chi connectivity index (χ2v) is 6.68. The minimum Gasteiger partial charge on any atom is -0.497 e. The molecule has 0 saturated carbocycles. The molecule has 1 amide bonds. The van der Waals surface area contributed by atoms with Crippen LogP contribution in [-0.4, -0.2) is 25.6 Å². The summed E-state index contributed by atoms with van der Waals surface area (Å²) in [6, 6.07) is 18.3. The van der Waals surface area contributed by atoms with Crippen LogP contribution in [-0.2, 0) is 4.74 Å². The predicted molar refractivity (Wildman–Crippen MR) is 107 cm³/mol. The van der Waals surface area contributed by atoms with Gasteiger partial charge in [-0.05, 0) is 36.8 Å². The molecule has 3 aromatic rings. The number of amides is 1. The second kappa shape index (κ2) is 8.51. The molecule has 3 rings (SSSR count). The van der Waals surface area contributed by atoms with Crippen LogP contribution in [0.5, 0.6) is 5.75 Å². The highest BCUT2D eigenvalue weighted by molar-refractivity contribution is 7.18. The smallest absolute Gasteiger partial charge is 0.350 e. The van der Waals surface area contributed by atoms with Crippen molar-refractivity contribution in [3.8, 4) is 16.2 Å². The van der Waals surface area contributed by atoms with Crippen molar-refractivity contribution in [1.82, 2.24) is 0 Å². The van der Waals surface area contributed by atoms with Crippen LogP contribution in [0.4, 0.5) is 5.69 Å². The molecule has 1 heterocycles. The van der Waals surface area contributed by atoms with Gasteiger partial charge < -0.3 is 14.8 Å². The van der Waals surface area contributed by atoms with Crippen LogP contribution in [0.3, 0.4) is 0 Å². The highest BCUT2D eigenvalue weighted by Gasteiger charge is 2.20. The summed E-state index contributed by atoms with van der Waals surface area (Å²) in [4.78, 5) is 26.2. The van der Waals surface area contributed by atoms with Gasteiger partial charge in [0.15, 0.2) is 0 Å². The second-order valence-electron chi connectivity index (χ2n) is 5.63. The van der Waals surface area contributed by atoms with Gasteiger partial charge in [-0.2, -0.15) is 0 Å². The van der Waals surface area contributed by atoms with E-state index in [0.29, 0.717) is 21.9 Å². The van der Waals surface area contributed by atoms with E-state index in [4.69, 9.17) is 9.47 Å². The third-order valence-corrected chi connectivity index (χ3v) is 5.00. The number of anilines is 1. The quantitative estimate of drug-likeness (QED) is 0.620. The van der Waals surface area contributed by atoms with E-state index in [-0.39, 0.29) is 12.5 Å². The van der Waals surface area contributed by atoms with E-state index in [9.17, 15) is 9.59 Å². The average molecular weight is 381 g/mol. The van der Waals surface area contributed by atoms with Crippen molar-refractivity contribution >= 4 is 28.9 Å². The molecule has 2 aromatic carbocycles. The molecule has 0 bridgehead atoms. The fourth-order valence-corrected chi connectivity index (χ4v) is 3.55. The molecular formula is C21H19NO4S.